The summed E-state index contributed by atoms with van der Waals surface area (Å²) in [5.41, 5.74) is -0.593. The highest BCUT2D eigenvalue weighted by molar-refractivity contribution is 9.10. The van der Waals surface area contributed by atoms with Crippen molar-refractivity contribution < 1.29 is 14.3 Å². The van der Waals surface area contributed by atoms with Crippen LogP contribution in [-0.2, 0) is 14.3 Å². The molecule has 1 aliphatic carbocycles. The molecule has 4 nitrogen and oxygen atoms in total. The molecule has 1 aromatic rings. The Morgan fingerprint density at radius 1 is 1.50 bits per heavy atom. The number of esters is 1. The van der Waals surface area contributed by atoms with Crippen molar-refractivity contribution in [2.24, 2.45) is 17.3 Å². The largest absolute Gasteiger partial charge is 0.468 e. The number of carbonyl (C=O) groups is 2. The zero-order valence-corrected chi connectivity index (χ0v) is 13.7. The molecule has 0 spiro atoms. The number of halogens is 1. The van der Waals surface area contributed by atoms with Gasteiger partial charge in [-0.05, 0) is 30.0 Å². The Bertz CT molecular complexity index is 634. The number of nitrogens with zero attached hydrogens (tertiary/aromatic N) is 1. The smallest absolute Gasteiger partial charge is 0.326 e. The van der Waals surface area contributed by atoms with Crippen LogP contribution in [0.1, 0.15) is 17.9 Å². The third-order valence-corrected chi connectivity index (χ3v) is 4.93. The summed E-state index contributed by atoms with van der Waals surface area (Å²) in [6.07, 6.45) is 2.71. The van der Waals surface area contributed by atoms with Crippen molar-refractivity contribution in [2.45, 2.75) is 12.3 Å². The minimum atomic E-state index is -1.37. The second-order valence-electron chi connectivity index (χ2n) is 5.42. The summed E-state index contributed by atoms with van der Waals surface area (Å²) in [4.78, 5) is 24.0. The SMILES string of the molecule is C=C[C@H]1C[C@@](C#N)(C(=O)OC)[C@H](c2ccc(Br)cc2)[C@H]1C=O. The predicted octanol–water partition coefficient (Wildman–Crippen LogP) is 3.24. The van der Waals surface area contributed by atoms with Crippen LogP contribution in [0.15, 0.2) is 41.4 Å². The maximum Gasteiger partial charge on any atom is 0.326 e. The van der Waals surface area contributed by atoms with E-state index in [2.05, 4.69) is 28.6 Å². The lowest BCUT2D eigenvalue weighted by molar-refractivity contribution is -0.150. The van der Waals surface area contributed by atoms with Crippen molar-refractivity contribution in [1.82, 2.24) is 0 Å². The fourth-order valence-corrected chi connectivity index (χ4v) is 3.62. The summed E-state index contributed by atoms with van der Waals surface area (Å²) in [5, 5.41) is 9.72. The van der Waals surface area contributed by atoms with Crippen LogP contribution >= 0.6 is 15.9 Å². The molecule has 0 unspecified atom stereocenters. The normalized spacial score (nSPS) is 30.3. The number of nitriles is 1. The van der Waals surface area contributed by atoms with Crippen LogP contribution in [0, 0.1) is 28.6 Å². The molecular weight excluding hydrogens is 346 g/mol. The minimum Gasteiger partial charge on any atom is -0.468 e. The molecule has 0 saturated heterocycles. The van der Waals surface area contributed by atoms with Crippen LogP contribution in [0.4, 0.5) is 0 Å². The van der Waals surface area contributed by atoms with Gasteiger partial charge in [-0.2, -0.15) is 5.26 Å². The zero-order valence-electron chi connectivity index (χ0n) is 12.2. The standard InChI is InChI=1S/C17H16BrNO3/c1-3-11-8-17(10-19,16(21)22-2)15(14(11)9-20)12-4-6-13(18)7-5-12/h3-7,9,11,14-15H,1,8H2,2H3/t11-,14-,15+,17-/m0/s1. The Hall–Kier alpha value is -1.93. The second kappa shape index (κ2) is 6.45. The summed E-state index contributed by atoms with van der Waals surface area (Å²) in [7, 11) is 1.26. The van der Waals surface area contributed by atoms with Gasteiger partial charge in [-0.1, -0.05) is 34.1 Å². The van der Waals surface area contributed by atoms with E-state index in [1.807, 2.05) is 24.3 Å². The van der Waals surface area contributed by atoms with Gasteiger partial charge in [0.25, 0.3) is 0 Å². The van der Waals surface area contributed by atoms with E-state index < -0.39 is 23.2 Å². The van der Waals surface area contributed by atoms with Gasteiger partial charge in [-0.25, -0.2) is 0 Å². The number of allylic oxidation sites excluding steroid dienone is 1. The van der Waals surface area contributed by atoms with Gasteiger partial charge in [0.05, 0.1) is 13.2 Å². The first-order chi connectivity index (χ1) is 10.5. The lowest BCUT2D eigenvalue weighted by atomic mass is 9.73. The van der Waals surface area contributed by atoms with Gasteiger partial charge in [0.1, 0.15) is 6.29 Å². The summed E-state index contributed by atoms with van der Waals surface area (Å²) < 4.78 is 5.76. The molecule has 1 aliphatic rings. The zero-order chi connectivity index (χ0) is 16.3. The number of ether oxygens (including phenoxy) is 1. The van der Waals surface area contributed by atoms with E-state index in [4.69, 9.17) is 4.74 Å². The fourth-order valence-electron chi connectivity index (χ4n) is 3.36. The molecule has 1 aromatic carbocycles. The molecule has 114 valence electrons. The predicted molar refractivity (Wildman–Crippen MR) is 84.8 cm³/mol. The Morgan fingerprint density at radius 3 is 2.59 bits per heavy atom. The van der Waals surface area contributed by atoms with Crippen molar-refractivity contribution in [3.05, 3.63) is 47.0 Å². The number of hydrogen-bond donors (Lipinski definition) is 0. The molecule has 1 saturated carbocycles. The van der Waals surface area contributed by atoms with Crippen molar-refractivity contribution in [1.29, 1.82) is 5.26 Å². The van der Waals surface area contributed by atoms with E-state index in [0.717, 1.165) is 16.3 Å². The molecule has 5 heteroatoms. The molecule has 4 atom stereocenters. The topological polar surface area (TPSA) is 67.2 Å². The van der Waals surface area contributed by atoms with Gasteiger partial charge >= 0.3 is 5.97 Å². The first-order valence-electron chi connectivity index (χ1n) is 6.87. The number of hydrogen-bond acceptors (Lipinski definition) is 4. The highest BCUT2D eigenvalue weighted by atomic mass is 79.9. The molecule has 0 heterocycles. The molecule has 22 heavy (non-hydrogen) atoms. The van der Waals surface area contributed by atoms with Crippen LogP contribution in [-0.4, -0.2) is 19.4 Å². The summed E-state index contributed by atoms with van der Waals surface area (Å²) in [6.45, 7) is 3.74. The van der Waals surface area contributed by atoms with E-state index in [1.165, 1.54) is 7.11 Å². The number of carbonyl (C=O) groups excluding carboxylic acids is 2. The Balaban J connectivity index is 2.62. The average molecular weight is 362 g/mol. The van der Waals surface area contributed by atoms with Gasteiger partial charge in [0, 0.05) is 16.3 Å². The highest BCUT2D eigenvalue weighted by Crippen LogP contribution is 2.55. The highest BCUT2D eigenvalue weighted by Gasteiger charge is 2.59. The summed E-state index contributed by atoms with van der Waals surface area (Å²) in [6, 6.07) is 9.44. The molecule has 2 rings (SSSR count). The Morgan fingerprint density at radius 2 is 2.14 bits per heavy atom. The van der Waals surface area contributed by atoms with Gasteiger partial charge in [0.2, 0.25) is 0 Å². The number of aldehydes is 1. The van der Waals surface area contributed by atoms with Crippen molar-refractivity contribution in [3.63, 3.8) is 0 Å². The fraction of sp³-hybridized carbons (Fsp3) is 0.353. The van der Waals surface area contributed by atoms with E-state index in [1.54, 1.807) is 6.08 Å². The summed E-state index contributed by atoms with van der Waals surface area (Å²) >= 11 is 3.36. The van der Waals surface area contributed by atoms with Crippen LogP contribution in [0.25, 0.3) is 0 Å². The minimum absolute atomic E-state index is 0.232. The molecule has 0 radical (unpaired) electrons. The number of rotatable bonds is 4. The van der Waals surface area contributed by atoms with Gasteiger partial charge < -0.3 is 9.53 Å². The lowest BCUT2D eigenvalue weighted by Gasteiger charge is -2.28. The third-order valence-electron chi connectivity index (χ3n) is 4.41. The average Bonchev–Trinajstić information content (AvgIpc) is 2.89. The van der Waals surface area contributed by atoms with Gasteiger partial charge in [0.15, 0.2) is 5.41 Å². The number of benzene rings is 1. The van der Waals surface area contributed by atoms with Gasteiger partial charge in [-0.3, -0.25) is 4.79 Å². The van der Waals surface area contributed by atoms with Crippen molar-refractivity contribution >= 4 is 28.2 Å². The van der Waals surface area contributed by atoms with Crippen LogP contribution in [0.3, 0.4) is 0 Å². The van der Waals surface area contributed by atoms with Crippen LogP contribution in [0.2, 0.25) is 0 Å². The van der Waals surface area contributed by atoms with Gasteiger partial charge in [-0.15, -0.1) is 6.58 Å². The maximum atomic E-state index is 12.3. The van der Waals surface area contributed by atoms with Crippen molar-refractivity contribution in [2.75, 3.05) is 7.11 Å². The first kappa shape index (κ1) is 16.4. The van der Waals surface area contributed by atoms with E-state index in [0.29, 0.717) is 0 Å². The Kier molecular flexibility index (Phi) is 4.82. The third kappa shape index (κ3) is 2.48. The first-order valence-corrected chi connectivity index (χ1v) is 7.66. The van der Waals surface area contributed by atoms with E-state index in [-0.39, 0.29) is 12.3 Å². The quantitative estimate of drug-likeness (QED) is 0.469. The van der Waals surface area contributed by atoms with E-state index in [9.17, 15) is 14.9 Å². The lowest BCUT2D eigenvalue weighted by Crippen LogP contribution is -2.35. The second-order valence-corrected chi connectivity index (χ2v) is 6.34. The van der Waals surface area contributed by atoms with E-state index >= 15 is 0 Å². The van der Waals surface area contributed by atoms with Crippen LogP contribution in [0.5, 0.6) is 0 Å². The number of methoxy groups -OCH3 is 1. The van der Waals surface area contributed by atoms with Crippen molar-refractivity contribution in [3.8, 4) is 6.07 Å². The Labute approximate surface area is 137 Å². The molecule has 1 fully saturated rings. The molecule has 0 bridgehead atoms. The molecule has 0 aliphatic heterocycles. The molecular formula is C17H16BrNO3. The molecule has 0 N–H and O–H groups in total. The molecule has 0 aromatic heterocycles. The molecule has 0 amide bonds. The van der Waals surface area contributed by atoms with Crippen LogP contribution < -0.4 is 0 Å². The summed E-state index contributed by atoms with van der Waals surface area (Å²) in [5.74, 6) is -1.85. The monoisotopic (exact) mass is 361 g/mol. The maximum absolute atomic E-state index is 12.3.